The maximum absolute atomic E-state index is 9.33. The van der Waals surface area contributed by atoms with Crippen LogP contribution in [0, 0.1) is 11.3 Å². The third kappa shape index (κ3) is 3.13. The molecule has 1 aromatic carbocycles. The summed E-state index contributed by atoms with van der Waals surface area (Å²) in [7, 11) is 3.74. The third-order valence-electron chi connectivity index (χ3n) is 2.65. The van der Waals surface area contributed by atoms with E-state index in [1.54, 1.807) is 30.5 Å². The van der Waals surface area contributed by atoms with Crippen molar-refractivity contribution in [2.45, 2.75) is 0 Å². The van der Waals surface area contributed by atoms with Gasteiger partial charge in [-0.25, -0.2) is 4.98 Å². The summed E-state index contributed by atoms with van der Waals surface area (Å²) < 4.78 is 0. The quantitative estimate of drug-likeness (QED) is 0.928. The molecule has 0 saturated heterocycles. The maximum atomic E-state index is 9.33. The van der Waals surface area contributed by atoms with E-state index in [0.717, 1.165) is 5.69 Å². The Labute approximate surface area is 127 Å². The third-order valence-corrected chi connectivity index (χ3v) is 3.08. The highest BCUT2D eigenvalue weighted by Crippen LogP contribution is 2.28. The fraction of sp³-hybridized carbons (Fsp3) is 0.143. The summed E-state index contributed by atoms with van der Waals surface area (Å²) in [6, 6.07) is 9.03. The Balaban J connectivity index is 2.44. The van der Waals surface area contributed by atoms with Crippen LogP contribution in [-0.4, -0.2) is 19.1 Å². The van der Waals surface area contributed by atoms with Gasteiger partial charge in [0.05, 0.1) is 5.69 Å². The molecule has 0 spiro atoms. The summed E-state index contributed by atoms with van der Waals surface area (Å²) in [4.78, 5) is 6.06. The predicted molar refractivity (Wildman–Crippen MR) is 83.0 cm³/mol. The van der Waals surface area contributed by atoms with Crippen LogP contribution < -0.4 is 10.2 Å². The Hall–Kier alpha value is -1.96. The van der Waals surface area contributed by atoms with Crippen LogP contribution in [0.25, 0.3) is 0 Å². The zero-order valence-corrected chi connectivity index (χ0v) is 12.5. The number of hydrogen-bond donors (Lipinski definition) is 1. The average Bonchev–Trinajstić information content (AvgIpc) is 2.37. The molecule has 1 heterocycles. The summed E-state index contributed by atoms with van der Waals surface area (Å²) in [5.74, 6) is 0.469. The van der Waals surface area contributed by atoms with Gasteiger partial charge in [0.25, 0.3) is 0 Å². The van der Waals surface area contributed by atoms with E-state index >= 15 is 0 Å². The summed E-state index contributed by atoms with van der Waals surface area (Å²) >= 11 is 11.9. The SMILES string of the molecule is CN(C)c1ccnc(Nc2cc(Cl)cc(Cl)c2)c1C#N. The van der Waals surface area contributed by atoms with Gasteiger partial charge >= 0.3 is 0 Å². The van der Waals surface area contributed by atoms with Gasteiger partial charge < -0.3 is 10.2 Å². The van der Waals surface area contributed by atoms with Crippen molar-refractivity contribution in [3.05, 3.63) is 46.1 Å². The van der Waals surface area contributed by atoms with Crippen molar-refractivity contribution < 1.29 is 0 Å². The summed E-state index contributed by atoms with van der Waals surface area (Å²) in [6.07, 6.45) is 1.64. The van der Waals surface area contributed by atoms with Crippen LogP contribution in [0.5, 0.6) is 0 Å². The maximum Gasteiger partial charge on any atom is 0.150 e. The molecule has 2 aromatic rings. The summed E-state index contributed by atoms with van der Waals surface area (Å²) in [5.41, 5.74) is 1.94. The molecule has 0 radical (unpaired) electrons. The number of anilines is 3. The van der Waals surface area contributed by atoms with E-state index in [9.17, 15) is 5.26 Å². The number of nitriles is 1. The summed E-state index contributed by atoms with van der Waals surface area (Å²) in [5, 5.41) is 13.4. The molecule has 4 nitrogen and oxygen atoms in total. The van der Waals surface area contributed by atoms with E-state index in [2.05, 4.69) is 16.4 Å². The van der Waals surface area contributed by atoms with E-state index < -0.39 is 0 Å². The van der Waals surface area contributed by atoms with Gasteiger partial charge in [-0.3, -0.25) is 0 Å². The van der Waals surface area contributed by atoms with Gasteiger partial charge in [0.15, 0.2) is 0 Å². The zero-order chi connectivity index (χ0) is 14.7. The van der Waals surface area contributed by atoms with E-state index in [1.165, 1.54) is 0 Å². The molecule has 0 unspecified atom stereocenters. The van der Waals surface area contributed by atoms with Crippen LogP contribution >= 0.6 is 23.2 Å². The number of nitrogens with one attached hydrogen (secondary N) is 1. The Kier molecular flexibility index (Phi) is 4.33. The lowest BCUT2D eigenvalue weighted by Crippen LogP contribution is -2.12. The molecule has 20 heavy (non-hydrogen) atoms. The molecule has 0 amide bonds. The second-order valence-corrected chi connectivity index (χ2v) is 5.22. The van der Waals surface area contributed by atoms with Crippen LogP contribution in [-0.2, 0) is 0 Å². The highest BCUT2D eigenvalue weighted by atomic mass is 35.5. The molecule has 102 valence electrons. The van der Waals surface area contributed by atoms with Gasteiger partial charge in [-0.15, -0.1) is 0 Å². The number of pyridine rings is 1. The fourth-order valence-corrected chi connectivity index (χ4v) is 2.32. The number of halogens is 2. The second kappa shape index (κ2) is 6.00. The van der Waals surface area contributed by atoms with Crippen LogP contribution in [0.3, 0.4) is 0 Å². The first-order valence-electron chi connectivity index (χ1n) is 5.81. The molecule has 1 aromatic heterocycles. The van der Waals surface area contributed by atoms with Crippen molar-refractivity contribution in [1.82, 2.24) is 4.98 Å². The highest BCUT2D eigenvalue weighted by Gasteiger charge is 2.11. The first-order chi connectivity index (χ1) is 9.51. The topological polar surface area (TPSA) is 52.0 Å². The van der Waals surface area contributed by atoms with E-state index in [4.69, 9.17) is 23.2 Å². The van der Waals surface area contributed by atoms with E-state index in [-0.39, 0.29) is 0 Å². The Morgan fingerprint density at radius 1 is 1.20 bits per heavy atom. The lowest BCUT2D eigenvalue weighted by molar-refractivity contribution is 1.11. The number of rotatable bonds is 3. The molecule has 0 aliphatic carbocycles. The van der Waals surface area contributed by atoms with Crippen molar-refractivity contribution in [2.24, 2.45) is 0 Å². The number of aromatic nitrogens is 1. The van der Waals surface area contributed by atoms with Gasteiger partial charge in [0.2, 0.25) is 0 Å². The smallest absolute Gasteiger partial charge is 0.150 e. The van der Waals surface area contributed by atoms with E-state index in [1.807, 2.05) is 19.0 Å². The number of benzene rings is 1. The Bertz CT molecular complexity index is 657. The molecule has 1 N–H and O–H groups in total. The lowest BCUT2D eigenvalue weighted by Gasteiger charge is -2.16. The molecule has 0 fully saturated rings. The van der Waals surface area contributed by atoms with Gasteiger partial charge in [0.1, 0.15) is 17.5 Å². The standard InChI is InChI=1S/C14H12Cl2N4/c1-20(2)13-3-4-18-14(12(13)8-17)19-11-6-9(15)5-10(16)7-11/h3-7H,1-2H3,(H,18,19). The molecule has 0 bridgehead atoms. The first-order valence-corrected chi connectivity index (χ1v) is 6.56. The first kappa shape index (κ1) is 14.4. The van der Waals surface area contributed by atoms with Crippen LogP contribution in [0.1, 0.15) is 5.56 Å². The minimum Gasteiger partial charge on any atom is -0.376 e. The molecule has 6 heteroatoms. The molecular formula is C14H12Cl2N4. The monoisotopic (exact) mass is 306 g/mol. The summed E-state index contributed by atoms with van der Waals surface area (Å²) in [6.45, 7) is 0. The van der Waals surface area contributed by atoms with Gasteiger partial charge in [0, 0.05) is 36.0 Å². The lowest BCUT2D eigenvalue weighted by atomic mass is 10.2. The minimum absolute atomic E-state index is 0.466. The number of hydrogen-bond acceptors (Lipinski definition) is 4. The molecular weight excluding hydrogens is 295 g/mol. The predicted octanol–water partition coefficient (Wildman–Crippen LogP) is 4.07. The molecule has 0 aliphatic rings. The van der Waals surface area contributed by atoms with Crippen molar-refractivity contribution in [2.75, 3.05) is 24.3 Å². The Morgan fingerprint density at radius 2 is 1.85 bits per heavy atom. The van der Waals surface area contributed by atoms with Crippen molar-refractivity contribution >= 4 is 40.4 Å². The van der Waals surface area contributed by atoms with Crippen LogP contribution in [0.4, 0.5) is 17.2 Å². The van der Waals surface area contributed by atoms with Crippen LogP contribution in [0.2, 0.25) is 10.0 Å². The van der Waals surface area contributed by atoms with Crippen molar-refractivity contribution in [1.29, 1.82) is 5.26 Å². The zero-order valence-electron chi connectivity index (χ0n) is 11.0. The normalized spacial score (nSPS) is 9.95. The van der Waals surface area contributed by atoms with Gasteiger partial charge in [-0.1, -0.05) is 23.2 Å². The minimum atomic E-state index is 0.466. The second-order valence-electron chi connectivity index (χ2n) is 4.34. The molecule has 0 saturated carbocycles. The molecule has 0 atom stereocenters. The fourth-order valence-electron chi connectivity index (χ4n) is 1.79. The van der Waals surface area contributed by atoms with Gasteiger partial charge in [-0.05, 0) is 24.3 Å². The van der Waals surface area contributed by atoms with Crippen molar-refractivity contribution in [3.8, 4) is 6.07 Å². The molecule has 0 aliphatic heterocycles. The number of nitrogens with zero attached hydrogens (tertiary/aromatic N) is 3. The van der Waals surface area contributed by atoms with Crippen molar-refractivity contribution in [3.63, 3.8) is 0 Å². The van der Waals surface area contributed by atoms with Crippen LogP contribution in [0.15, 0.2) is 30.5 Å². The Morgan fingerprint density at radius 3 is 2.40 bits per heavy atom. The largest absolute Gasteiger partial charge is 0.376 e. The van der Waals surface area contributed by atoms with E-state index in [0.29, 0.717) is 27.1 Å². The highest BCUT2D eigenvalue weighted by molar-refractivity contribution is 6.35. The van der Waals surface area contributed by atoms with Gasteiger partial charge in [-0.2, -0.15) is 5.26 Å². The average molecular weight is 307 g/mol. The molecule has 2 rings (SSSR count).